The average molecular weight is 292 g/mol. The SMILES string of the molecule is COc1ccc(N)cc1S(=O)(=O)NCCS(C)=O. The first-order valence-electron chi connectivity index (χ1n) is 5.10. The van der Waals surface area contributed by atoms with Gasteiger partial charge in [0, 0.05) is 35.0 Å². The van der Waals surface area contributed by atoms with Crippen molar-refractivity contribution in [2.45, 2.75) is 4.90 Å². The summed E-state index contributed by atoms with van der Waals surface area (Å²) in [4.78, 5) is -0.0214. The third-order valence-electron chi connectivity index (χ3n) is 2.16. The minimum absolute atomic E-state index is 0.0214. The van der Waals surface area contributed by atoms with Gasteiger partial charge in [0.15, 0.2) is 0 Å². The van der Waals surface area contributed by atoms with Gasteiger partial charge in [0.25, 0.3) is 0 Å². The summed E-state index contributed by atoms with van der Waals surface area (Å²) in [5.74, 6) is 0.471. The molecule has 0 amide bonds. The summed E-state index contributed by atoms with van der Waals surface area (Å²) in [7, 11) is -3.38. The summed E-state index contributed by atoms with van der Waals surface area (Å²) >= 11 is 0. The molecule has 102 valence electrons. The third kappa shape index (κ3) is 3.97. The predicted molar refractivity (Wildman–Crippen MR) is 71.5 cm³/mol. The molecular formula is C10H16N2O4S2. The second kappa shape index (κ2) is 6.17. The predicted octanol–water partition coefficient (Wildman–Crippen LogP) is -0.0658. The number of nitrogens with two attached hydrogens (primary N) is 1. The molecule has 0 spiro atoms. The molecule has 0 bridgehead atoms. The first-order chi connectivity index (χ1) is 8.36. The van der Waals surface area contributed by atoms with E-state index in [2.05, 4.69) is 4.72 Å². The molecule has 6 nitrogen and oxygen atoms in total. The van der Waals surface area contributed by atoms with Gasteiger partial charge in [0.05, 0.1) is 7.11 Å². The highest BCUT2D eigenvalue weighted by molar-refractivity contribution is 7.89. The Bertz CT molecular complexity index is 543. The Morgan fingerprint density at radius 3 is 2.67 bits per heavy atom. The van der Waals surface area contributed by atoms with Crippen LogP contribution in [0.15, 0.2) is 23.1 Å². The van der Waals surface area contributed by atoms with Gasteiger partial charge in [-0.3, -0.25) is 4.21 Å². The second-order valence-corrected chi connectivity index (χ2v) is 6.88. The van der Waals surface area contributed by atoms with Gasteiger partial charge in [-0.25, -0.2) is 13.1 Å². The molecule has 1 aromatic rings. The summed E-state index contributed by atoms with van der Waals surface area (Å²) in [5, 5.41) is 0. The molecule has 0 aliphatic heterocycles. The quantitative estimate of drug-likeness (QED) is 0.715. The summed E-state index contributed by atoms with van der Waals surface area (Å²) in [6.07, 6.45) is 1.51. The van der Waals surface area contributed by atoms with Gasteiger partial charge < -0.3 is 10.5 Å². The van der Waals surface area contributed by atoms with E-state index >= 15 is 0 Å². The number of nitrogens with one attached hydrogen (secondary N) is 1. The molecule has 0 saturated heterocycles. The fraction of sp³-hybridized carbons (Fsp3) is 0.400. The van der Waals surface area contributed by atoms with Gasteiger partial charge in [0.2, 0.25) is 10.0 Å². The van der Waals surface area contributed by atoms with Crippen molar-refractivity contribution in [2.24, 2.45) is 0 Å². The Balaban J connectivity index is 2.97. The summed E-state index contributed by atoms with van der Waals surface area (Å²) in [6, 6.07) is 4.37. The van der Waals surface area contributed by atoms with E-state index in [1.807, 2.05) is 0 Å². The van der Waals surface area contributed by atoms with Crippen LogP contribution in [-0.2, 0) is 20.8 Å². The number of sulfonamides is 1. The largest absolute Gasteiger partial charge is 0.495 e. The Hall–Kier alpha value is -1.12. The van der Waals surface area contributed by atoms with E-state index in [0.29, 0.717) is 5.69 Å². The van der Waals surface area contributed by atoms with E-state index in [1.165, 1.54) is 25.5 Å². The van der Waals surface area contributed by atoms with E-state index in [4.69, 9.17) is 10.5 Å². The van der Waals surface area contributed by atoms with Crippen molar-refractivity contribution in [2.75, 3.05) is 31.4 Å². The monoisotopic (exact) mass is 292 g/mol. The highest BCUT2D eigenvalue weighted by Gasteiger charge is 2.19. The minimum atomic E-state index is -3.71. The number of anilines is 1. The van der Waals surface area contributed by atoms with Crippen molar-refractivity contribution in [1.29, 1.82) is 0 Å². The number of hydrogen-bond acceptors (Lipinski definition) is 5. The van der Waals surface area contributed by atoms with E-state index in [9.17, 15) is 12.6 Å². The van der Waals surface area contributed by atoms with Crippen LogP contribution in [0, 0.1) is 0 Å². The number of rotatable bonds is 6. The molecule has 0 aromatic heterocycles. The van der Waals surface area contributed by atoms with Crippen molar-refractivity contribution in [1.82, 2.24) is 4.72 Å². The molecule has 3 N–H and O–H groups in total. The lowest BCUT2D eigenvalue weighted by Crippen LogP contribution is -2.28. The smallest absolute Gasteiger partial charge is 0.244 e. The van der Waals surface area contributed by atoms with Crippen LogP contribution in [0.4, 0.5) is 5.69 Å². The van der Waals surface area contributed by atoms with Gasteiger partial charge in [-0.1, -0.05) is 0 Å². The molecule has 0 aliphatic rings. The van der Waals surface area contributed by atoms with E-state index < -0.39 is 20.8 Å². The average Bonchev–Trinajstić information content (AvgIpc) is 2.28. The van der Waals surface area contributed by atoms with Gasteiger partial charge >= 0.3 is 0 Å². The number of ether oxygens (including phenoxy) is 1. The topological polar surface area (TPSA) is 98.5 Å². The number of benzene rings is 1. The molecule has 0 radical (unpaired) electrons. The maximum absolute atomic E-state index is 12.0. The zero-order valence-electron chi connectivity index (χ0n) is 10.2. The fourth-order valence-electron chi connectivity index (χ4n) is 1.30. The number of hydrogen-bond donors (Lipinski definition) is 2. The Morgan fingerprint density at radius 2 is 2.11 bits per heavy atom. The van der Waals surface area contributed by atoms with Crippen LogP contribution in [0.1, 0.15) is 0 Å². The molecular weight excluding hydrogens is 276 g/mol. The molecule has 18 heavy (non-hydrogen) atoms. The Labute approximate surface area is 109 Å². The summed E-state index contributed by atoms with van der Waals surface area (Å²) in [6.45, 7) is 0.101. The second-order valence-electron chi connectivity index (χ2n) is 3.59. The van der Waals surface area contributed by atoms with Crippen molar-refractivity contribution in [3.8, 4) is 5.75 Å². The number of nitrogen functional groups attached to an aromatic ring is 1. The highest BCUT2D eigenvalue weighted by atomic mass is 32.2. The standard InChI is InChI=1S/C10H16N2O4S2/c1-16-9-4-3-8(11)7-10(9)18(14,15)12-5-6-17(2)13/h3-4,7,12H,5-6,11H2,1-2H3. The lowest BCUT2D eigenvalue weighted by molar-refractivity contribution is 0.402. The minimum Gasteiger partial charge on any atom is -0.495 e. The maximum atomic E-state index is 12.0. The summed E-state index contributed by atoms with van der Waals surface area (Å²) < 4.78 is 42.2. The van der Waals surface area contributed by atoms with E-state index in [1.54, 1.807) is 6.07 Å². The first kappa shape index (κ1) is 14.9. The van der Waals surface area contributed by atoms with Crippen molar-refractivity contribution in [3.63, 3.8) is 0 Å². The fourth-order valence-corrected chi connectivity index (χ4v) is 3.05. The van der Waals surface area contributed by atoms with Crippen LogP contribution in [0.3, 0.4) is 0 Å². The van der Waals surface area contributed by atoms with Crippen LogP contribution < -0.4 is 15.2 Å². The first-order valence-corrected chi connectivity index (χ1v) is 8.31. The third-order valence-corrected chi connectivity index (χ3v) is 4.42. The zero-order valence-corrected chi connectivity index (χ0v) is 11.8. The molecule has 8 heteroatoms. The Morgan fingerprint density at radius 1 is 1.44 bits per heavy atom. The van der Waals surface area contributed by atoms with Crippen molar-refractivity contribution in [3.05, 3.63) is 18.2 Å². The van der Waals surface area contributed by atoms with Gasteiger partial charge in [-0.2, -0.15) is 0 Å². The van der Waals surface area contributed by atoms with E-state index in [0.717, 1.165) is 0 Å². The lowest BCUT2D eigenvalue weighted by Gasteiger charge is -2.10. The molecule has 1 atom stereocenters. The maximum Gasteiger partial charge on any atom is 0.244 e. The molecule has 0 fully saturated rings. The molecule has 1 aromatic carbocycles. The lowest BCUT2D eigenvalue weighted by atomic mass is 10.3. The molecule has 1 unspecified atom stereocenters. The van der Waals surface area contributed by atoms with Crippen LogP contribution in [-0.4, -0.2) is 38.3 Å². The van der Waals surface area contributed by atoms with Gasteiger partial charge in [-0.15, -0.1) is 0 Å². The molecule has 0 heterocycles. The zero-order chi connectivity index (χ0) is 13.8. The number of methoxy groups -OCH3 is 1. The van der Waals surface area contributed by atoms with Crippen LogP contribution in [0.5, 0.6) is 5.75 Å². The normalized spacial score (nSPS) is 13.2. The molecule has 0 saturated carbocycles. The van der Waals surface area contributed by atoms with Crippen LogP contribution in [0.2, 0.25) is 0 Å². The highest BCUT2D eigenvalue weighted by Crippen LogP contribution is 2.25. The summed E-state index contributed by atoms with van der Waals surface area (Å²) in [5.41, 5.74) is 5.89. The van der Waals surface area contributed by atoms with Crippen LogP contribution in [0.25, 0.3) is 0 Å². The van der Waals surface area contributed by atoms with Crippen LogP contribution >= 0.6 is 0 Å². The van der Waals surface area contributed by atoms with Crippen molar-refractivity contribution >= 4 is 26.5 Å². The van der Waals surface area contributed by atoms with E-state index in [-0.39, 0.29) is 22.9 Å². The Kier molecular flexibility index (Phi) is 5.12. The van der Waals surface area contributed by atoms with Crippen molar-refractivity contribution < 1.29 is 17.4 Å². The van der Waals surface area contributed by atoms with Gasteiger partial charge in [-0.05, 0) is 18.2 Å². The molecule has 1 rings (SSSR count). The van der Waals surface area contributed by atoms with Gasteiger partial charge in [0.1, 0.15) is 10.6 Å². The molecule has 0 aliphatic carbocycles.